The van der Waals surface area contributed by atoms with Crippen LogP contribution in [0, 0.1) is 5.82 Å². The van der Waals surface area contributed by atoms with Crippen molar-refractivity contribution in [1.82, 2.24) is 5.32 Å². The summed E-state index contributed by atoms with van der Waals surface area (Å²) in [5.41, 5.74) is 2.81. The molecule has 0 aliphatic heterocycles. The van der Waals surface area contributed by atoms with Crippen LogP contribution in [0.25, 0.3) is 6.08 Å². The number of carbonyl (C=O) groups excluding carboxylic acids is 2. The first-order chi connectivity index (χ1) is 19.5. The summed E-state index contributed by atoms with van der Waals surface area (Å²) in [6.07, 6.45) is 11.9. The summed E-state index contributed by atoms with van der Waals surface area (Å²) < 4.78 is 19.3. The Morgan fingerprint density at radius 3 is 2.10 bits per heavy atom. The van der Waals surface area contributed by atoms with Crippen LogP contribution in [0.5, 0.6) is 5.75 Å². The van der Waals surface area contributed by atoms with E-state index in [4.69, 9.17) is 4.74 Å². The van der Waals surface area contributed by atoms with Crippen molar-refractivity contribution < 1.29 is 18.7 Å². The van der Waals surface area contributed by atoms with Crippen LogP contribution in [-0.4, -0.2) is 18.4 Å². The summed E-state index contributed by atoms with van der Waals surface area (Å²) in [5.74, 6) is -0.527. The Morgan fingerprint density at radius 2 is 1.43 bits per heavy atom. The Balaban J connectivity index is 1.64. The second-order valence-electron chi connectivity index (χ2n) is 9.96. The van der Waals surface area contributed by atoms with Gasteiger partial charge >= 0.3 is 0 Å². The molecule has 3 rings (SSSR count). The van der Waals surface area contributed by atoms with E-state index in [2.05, 4.69) is 24.5 Å². The number of nitrogens with one attached hydrogen (secondary N) is 2. The maximum Gasteiger partial charge on any atom is 0.272 e. The molecule has 212 valence electrons. The first-order valence-electron chi connectivity index (χ1n) is 14.4. The minimum atomic E-state index is -0.488. The number of hydrogen-bond acceptors (Lipinski definition) is 3. The van der Waals surface area contributed by atoms with Gasteiger partial charge in [0.1, 0.15) is 17.3 Å². The van der Waals surface area contributed by atoms with Gasteiger partial charge in [-0.25, -0.2) is 4.39 Å². The molecule has 0 saturated carbocycles. The molecule has 2 amide bonds. The molecule has 5 nitrogen and oxygen atoms in total. The van der Waals surface area contributed by atoms with Crippen molar-refractivity contribution >= 4 is 23.6 Å². The highest BCUT2D eigenvalue weighted by Crippen LogP contribution is 2.18. The summed E-state index contributed by atoms with van der Waals surface area (Å²) >= 11 is 0. The predicted octanol–water partition coefficient (Wildman–Crippen LogP) is 8.32. The first-order valence-corrected chi connectivity index (χ1v) is 14.4. The Labute approximate surface area is 237 Å². The van der Waals surface area contributed by atoms with E-state index in [0.717, 1.165) is 43.4 Å². The minimum Gasteiger partial charge on any atom is -0.494 e. The maximum atomic E-state index is 13.4. The third-order valence-corrected chi connectivity index (χ3v) is 6.59. The van der Waals surface area contributed by atoms with Crippen molar-refractivity contribution in [1.29, 1.82) is 0 Å². The van der Waals surface area contributed by atoms with Crippen molar-refractivity contribution in [2.75, 3.05) is 11.9 Å². The molecule has 3 aromatic carbocycles. The lowest BCUT2D eigenvalue weighted by Crippen LogP contribution is -2.30. The second-order valence-corrected chi connectivity index (χ2v) is 9.96. The highest BCUT2D eigenvalue weighted by atomic mass is 19.1. The summed E-state index contributed by atoms with van der Waals surface area (Å²) in [5, 5.41) is 5.57. The van der Waals surface area contributed by atoms with Crippen LogP contribution in [0.2, 0.25) is 0 Å². The Hall–Kier alpha value is -3.93. The van der Waals surface area contributed by atoms with Gasteiger partial charge in [-0.05, 0) is 85.0 Å². The third-order valence-electron chi connectivity index (χ3n) is 6.59. The summed E-state index contributed by atoms with van der Waals surface area (Å²) in [6.45, 7) is 5.01. The molecule has 0 fully saturated rings. The van der Waals surface area contributed by atoms with Crippen LogP contribution in [0.15, 0.2) is 78.5 Å². The van der Waals surface area contributed by atoms with Gasteiger partial charge in [-0.3, -0.25) is 9.59 Å². The zero-order valence-corrected chi connectivity index (χ0v) is 23.7. The van der Waals surface area contributed by atoms with E-state index in [9.17, 15) is 14.0 Å². The Bertz CT molecular complexity index is 1220. The van der Waals surface area contributed by atoms with Crippen molar-refractivity contribution in [3.8, 4) is 5.75 Å². The van der Waals surface area contributed by atoms with Gasteiger partial charge in [0.05, 0.1) is 6.61 Å². The molecule has 0 bridgehead atoms. The number of benzene rings is 3. The number of amides is 2. The molecule has 0 spiro atoms. The molecule has 0 aromatic heterocycles. The van der Waals surface area contributed by atoms with Crippen molar-refractivity contribution in [2.24, 2.45) is 0 Å². The van der Waals surface area contributed by atoms with Gasteiger partial charge in [0.2, 0.25) is 0 Å². The third kappa shape index (κ3) is 10.7. The summed E-state index contributed by atoms with van der Waals surface area (Å²) in [7, 11) is 0. The smallest absolute Gasteiger partial charge is 0.272 e. The first kappa shape index (κ1) is 30.6. The number of unbranched alkanes of at least 4 members (excludes halogenated alkanes) is 6. The molecule has 0 atom stereocenters. The van der Waals surface area contributed by atoms with E-state index in [0.29, 0.717) is 23.4 Å². The summed E-state index contributed by atoms with van der Waals surface area (Å²) in [4.78, 5) is 26.2. The average Bonchev–Trinajstić information content (AvgIpc) is 2.97. The van der Waals surface area contributed by atoms with Crippen molar-refractivity contribution in [3.05, 3.63) is 101 Å². The molecule has 0 unspecified atom stereocenters. The van der Waals surface area contributed by atoms with Crippen molar-refractivity contribution in [3.63, 3.8) is 0 Å². The normalized spacial score (nSPS) is 11.2. The van der Waals surface area contributed by atoms with Crippen LogP contribution >= 0.6 is 0 Å². The number of hydrogen-bond donors (Lipinski definition) is 2. The van der Waals surface area contributed by atoms with Gasteiger partial charge in [0.15, 0.2) is 0 Å². The lowest BCUT2D eigenvalue weighted by atomic mass is 10.1. The summed E-state index contributed by atoms with van der Waals surface area (Å²) in [6, 6.07) is 20.3. The van der Waals surface area contributed by atoms with Gasteiger partial charge < -0.3 is 15.4 Å². The van der Waals surface area contributed by atoms with Crippen LogP contribution in [0.1, 0.15) is 86.7 Å². The van der Waals surface area contributed by atoms with E-state index in [1.807, 2.05) is 24.3 Å². The number of halogens is 1. The quantitative estimate of drug-likeness (QED) is 0.141. The molecule has 3 aromatic rings. The Morgan fingerprint density at radius 1 is 0.775 bits per heavy atom. The molecule has 0 saturated heterocycles. The van der Waals surface area contributed by atoms with Gasteiger partial charge in [0.25, 0.3) is 11.8 Å². The highest BCUT2D eigenvalue weighted by Gasteiger charge is 2.15. The van der Waals surface area contributed by atoms with Gasteiger partial charge in [-0.15, -0.1) is 0 Å². The van der Waals surface area contributed by atoms with Gasteiger partial charge in [-0.2, -0.15) is 0 Å². The van der Waals surface area contributed by atoms with Crippen LogP contribution < -0.4 is 15.4 Å². The fourth-order valence-electron chi connectivity index (χ4n) is 4.19. The van der Waals surface area contributed by atoms with E-state index < -0.39 is 11.8 Å². The van der Waals surface area contributed by atoms with E-state index in [1.54, 1.807) is 36.4 Å². The van der Waals surface area contributed by atoms with Gasteiger partial charge in [-0.1, -0.05) is 76.6 Å². The molecule has 2 N–H and O–H groups in total. The van der Waals surface area contributed by atoms with Crippen LogP contribution in [0.4, 0.5) is 10.1 Å². The number of carbonyl (C=O) groups is 2. The van der Waals surface area contributed by atoms with Crippen LogP contribution in [0.3, 0.4) is 0 Å². The molecule has 0 aliphatic rings. The molecule has 0 heterocycles. The molecule has 0 radical (unpaired) electrons. The SMILES string of the molecule is CCCCCCCCOc1ccc(NC(=O)/C(=C/c2ccc(F)cc2)NC(=O)c2ccc(CCCC)cc2)cc1. The fraction of sp³-hybridized carbons (Fsp3) is 0.353. The minimum absolute atomic E-state index is 0.0510. The maximum absolute atomic E-state index is 13.4. The monoisotopic (exact) mass is 544 g/mol. The number of rotatable bonds is 16. The average molecular weight is 545 g/mol. The van der Waals surface area contributed by atoms with E-state index >= 15 is 0 Å². The lowest BCUT2D eigenvalue weighted by molar-refractivity contribution is -0.113. The van der Waals surface area contributed by atoms with E-state index in [-0.39, 0.29) is 11.5 Å². The number of ether oxygens (including phenoxy) is 1. The molecule has 0 aliphatic carbocycles. The topological polar surface area (TPSA) is 67.4 Å². The zero-order valence-electron chi connectivity index (χ0n) is 23.7. The number of anilines is 1. The molecule has 6 heteroatoms. The largest absolute Gasteiger partial charge is 0.494 e. The standard InChI is InChI=1S/C34H41FN2O3/c1-3-5-7-8-9-10-24-40-31-22-20-30(21-23-31)36-34(39)32(25-27-14-18-29(35)19-15-27)37-33(38)28-16-12-26(13-17-28)11-6-4-2/h12-23,25H,3-11,24H2,1-2H3,(H,36,39)(H,37,38)/b32-25-. The highest BCUT2D eigenvalue weighted by molar-refractivity contribution is 6.10. The molecule has 40 heavy (non-hydrogen) atoms. The van der Waals surface area contributed by atoms with Crippen molar-refractivity contribution in [2.45, 2.75) is 71.6 Å². The second kappa shape index (κ2) is 16.9. The fourth-order valence-corrected chi connectivity index (χ4v) is 4.19. The zero-order chi connectivity index (χ0) is 28.6. The molecular weight excluding hydrogens is 503 g/mol. The van der Waals surface area contributed by atoms with E-state index in [1.165, 1.54) is 43.9 Å². The Kier molecular flexibility index (Phi) is 12.9. The van der Waals surface area contributed by atoms with Gasteiger partial charge in [0, 0.05) is 11.3 Å². The lowest BCUT2D eigenvalue weighted by Gasteiger charge is -2.12. The number of aryl methyl sites for hydroxylation is 1. The predicted molar refractivity (Wildman–Crippen MR) is 161 cm³/mol. The van der Waals surface area contributed by atoms with Crippen LogP contribution in [-0.2, 0) is 11.2 Å². The molecular formula is C34H41FN2O3.